The third-order valence-corrected chi connectivity index (χ3v) is 4.92. The Kier molecular flexibility index (Phi) is 5.87. The maximum atomic E-state index is 13.1. The lowest BCUT2D eigenvalue weighted by atomic mass is 9.90. The van der Waals surface area contributed by atoms with E-state index in [9.17, 15) is 9.90 Å². The molecule has 25 heavy (non-hydrogen) atoms. The van der Waals surface area contributed by atoms with Crippen LogP contribution >= 0.6 is 0 Å². The van der Waals surface area contributed by atoms with Crippen LogP contribution < -0.4 is 0 Å². The predicted molar refractivity (Wildman–Crippen MR) is 97.2 cm³/mol. The van der Waals surface area contributed by atoms with Gasteiger partial charge in [0.2, 0.25) is 0 Å². The minimum Gasteiger partial charge on any atom is -0.391 e. The first kappa shape index (κ1) is 17.7. The number of aryl methyl sites for hydroxylation is 1. The fraction of sp³-hybridized carbons (Fsp3) is 0.500. The smallest absolute Gasteiger partial charge is 0.274 e. The van der Waals surface area contributed by atoms with Crippen molar-refractivity contribution in [3.63, 3.8) is 0 Å². The molecule has 0 spiro atoms. The van der Waals surface area contributed by atoms with Gasteiger partial charge >= 0.3 is 0 Å². The molecule has 134 valence electrons. The lowest BCUT2D eigenvalue weighted by Crippen LogP contribution is -2.48. The number of carbonyl (C=O) groups excluding carboxylic acids is 1. The van der Waals surface area contributed by atoms with Crippen LogP contribution in [-0.4, -0.2) is 38.3 Å². The molecule has 1 fully saturated rings. The van der Waals surface area contributed by atoms with Crippen LogP contribution in [0.5, 0.6) is 0 Å². The van der Waals surface area contributed by atoms with Gasteiger partial charge in [-0.2, -0.15) is 5.10 Å². The van der Waals surface area contributed by atoms with Crippen LogP contribution in [-0.2, 0) is 13.0 Å². The van der Waals surface area contributed by atoms with Crippen molar-refractivity contribution in [2.24, 2.45) is 0 Å². The van der Waals surface area contributed by atoms with Crippen LogP contribution in [0.1, 0.15) is 60.8 Å². The molecule has 1 amide bonds. The van der Waals surface area contributed by atoms with E-state index in [1.54, 1.807) is 0 Å². The number of aromatic nitrogens is 2. The zero-order chi connectivity index (χ0) is 17.6. The van der Waals surface area contributed by atoms with Crippen molar-refractivity contribution in [3.8, 4) is 0 Å². The van der Waals surface area contributed by atoms with Crippen molar-refractivity contribution in [1.29, 1.82) is 0 Å². The van der Waals surface area contributed by atoms with Gasteiger partial charge in [0.1, 0.15) is 5.69 Å². The topological polar surface area (TPSA) is 69.2 Å². The zero-order valence-electron chi connectivity index (χ0n) is 14.8. The lowest BCUT2D eigenvalue weighted by Gasteiger charge is -2.37. The van der Waals surface area contributed by atoms with E-state index in [2.05, 4.69) is 17.1 Å². The summed E-state index contributed by atoms with van der Waals surface area (Å²) in [5, 5.41) is 17.7. The highest BCUT2D eigenvalue weighted by molar-refractivity contribution is 5.92. The first-order chi connectivity index (χ1) is 12.2. The van der Waals surface area contributed by atoms with Crippen LogP contribution in [0.2, 0.25) is 0 Å². The number of benzene rings is 1. The molecule has 0 radical (unpaired) electrons. The summed E-state index contributed by atoms with van der Waals surface area (Å²) in [6.07, 6.45) is 5.08. The molecule has 2 N–H and O–H groups in total. The van der Waals surface area contributed by atoms with Gasteiger partial charge in [0.05, 0.1) is 12.1 Å². The van der Waals surface area contributed by atoms with Crippen molar-refractivity contribution in [3.05, 3.63) is 53.3 Å². The average Bonchev–Trinajstić information content (AvgIpc) is 3.10. The number of nitrogens with zero attached hydrogens (tertiary/aromatic N) is 2. The van der Waals surface area contributed by atoms with E-state index in [4.69, 9.17) is 0 Å². The third kappa shape index (κ3) is 4.28. The second kappa shape index (κ2) is 8.30. The molecular weight excluding hydrogens is 314 g/mol. The zero-order valence-corrected chi connectivity index (χ0v) is 14.8. The van der Waals surface area contributed by atoms with Crippen molar-refractivity contribution in [2.75, 3.05) is 0 Å². The van der Waals surface area contributed by atoms with Gasteiger partial charge in [-0.25, -0.2) is 0 Å². The molecule has 0 bridgehead atoms. The van der Waals surface area contributed by atoms with Crippen LogP contribution in [0.25, 0.3) is 0 Å². The van der Waals surface area contributed by atoms with E-state index < -0.39 is 6.10 Å². The predicted octanol–water partition coefficient (Wildman–Crippen LogP) is 3.31. The van der Waals surface area contributed by atoms with Crippen LogP contribution in [0.3, 0.4) is 0 Å². The number of amides is 1. The molecule has 0 unspecified atom stereocenters. The maximum Gasteiger partial charge on any atom is 0.274 e. The molecule has 1 saturated carbocycles. The number of aromatic amines is 1. The Morgan fingerprint density at radius 1 is 1.28 bits per heavy atom. The minimum atomic E-state index is -0.463. The molecule has 1 aliphatic carbocycles. The Labute approximate surface area is 149 Å². The normalized spacial score (nSPS) is 20.4. The van der Waals surface area contributed by atoms with Gasteiger partial charge in [-0.15, -0.1) is 0 Å². The van der Waals surface area contributed by atoms with Crippen molar-refractivity contribution < 1.29 is 9.90 Å². The summed E-state index contributed by atoms with van der Waals surface area (Å²) < 4.78 is 0. The van der Waals surface area contributed by atoms with Crippen molar-refractivity contribution in [2.45, 2.75) is 64.1 Å². The third-order valence-electron chi connectivity index (χ3n) is 4.92. The fourth-order valence-electron chi connectivity index (χ4n) is 3.59. The van der Waals surface area contributed by atoms with Gasteiger partial charge in [0.15, 0.2) is 0 Å². The second-order valence-electron chi connectivity index (χ2n) is 6.87. The number of hydrogen-bond donors (Lipinski definition) is 2. The molecule has 5 heteroatoms. The van der Waals surface area contributed by atoms with E-state index in [-0.39, 0.29) is 11.9 Å². The molecule has 1 aliphatic rings. The molecule has 3 rings (SSSR count). The monoisotopic (exact) mass is 341 g/mol. The summed E-state index contributed by atoms with van der Waals surface area (Å²) in [6.45, 7) is 2.60. The van der Waals surface area contributed by atoms with E-state index >= 15 is 0 Å². The lowest BCUT2D eigenvalue weighted by molar-refractivity contribution is 0.0146. The Bertz CT molecular complexity index is 683. The number of aliphatic hydroxyl groups excluding tert-OH is 1. The Balaban J connectivity index is 1.84. The molecular formula is C20H27N3O2. The molecule has 0 saturated heterocycles. The number of nitrogens with one attached hydrogen (secondary N) is 1. The van der Waals surface area contributed by atoms with Gasteiger partial charge in [0.25, 0.3) is 5.91 Å². The summed E-state index contributed by atoms with van der Waals surface area (Å²) in [7, 11) is 0. The second-order valence-corrected chi connectivity index (χ2v) is 6.87. The first-order valence-corrected chi connectivity index (χ1v) is 9.26. The molecule has 5 nitrogen and oxygen atoms in total. The number of aliphatic hydroxyl groups is 1. The molecule has 0 aliphatic heterocycles. The van der Waals surface area contributed by atoms with E-state index in [1.807, 2.05) is 41.3 Å². The Hall–Kier alpha value is -2.14. The molecule has 1 aromatic heterocycles. The fourth-order valence-corrected chi connectivity index (χ4v) is 3.59. The van der Waals surface area contributed by atoms with E-state index in [1.165, 1.54) is 0 Å². The summed E-state index contributed by atoms with van der Waals surface area (Å²) in [6, 6.07) is 11.7. The highest BCUT2D eigenvalue weighted by atomic mass is 16.3. The molecule has 2 atom stereocenters. The standard InChI is InChI=1S/C20H27N3O2/c1-2-8-16-13-17(22-21-16)20(25)23(14-15-9-4-3-5-10-15)18-11-6-7-12-19(18)24/h3-5,9-10,13,18-19,24H,2,6-8,11-12,14H2,1H3,(H,21,22)/t18-,19-/m1/s1. The summed E-state index contributed by atoms with van der Waals surface area (Å²) in [5.74, 6) is -0.103. The van der Waals surface area contributed by atoms with Gasteiger partial charge in [-0.05, 0) is 30.9 Å². The van der Waals surface area contributed by atoms with Gasteiger partial charge in [-0.3, -0.25) is 9.89 Å². The van der Waals surface area contributed by atoms with Crippen LogP contribution in [0, 0.1) is 0 Å². The highest BCUT2D eigenvalue weighted by Gasteiger charge is 2.33. The number of carbonyl (C=O) groups is 1. The first-order valence-electron chi connectivity index (χ1n) is 9.26. The van der Waals surface area contributed by atoms with Crippen LogP contribution in [0.15, 0.2) is 36.4 Å². The Morgan fingerprint density at radius 3 is 2.76 bits per heavy atom. The van der Waals surface area contributed by atoms with Gasteiger partial charge in [0, 0.05) is 12.2 Å². The van der Waals surface area contributed by atoms with E-state index in [0.717, 1.165) is 49.8 Å². The van der Waals surface area contributed by atoms with Gasteiger partial charge < -0.3 is 10.0 Å². The number of H-pyrrole nitrogens is 1. The number of hydrogen-bond acceptors (Lipinski definition) is 3. The quantitative estimate of drug-likeness (QED) is 0.847. The maximum absolute atomic E-state index is 13.1. The summed E-state index contributed by atoms with van der Waals surface area (Å²) in [4.78, 5) is 15.0. The highest BCUT2D eigenvalue weighted by Crippen LogP contribution is 2.26. The van der Waals surface area contributed by atoms with Gasteiger partial charge in [-0.1, -0.05) is 56.5 Å². The number of rotatable bonds is 6. The summed E-state index contributed by atoms with van der Waals surface area (Å²) in [5.41, 5.74) is 2.49. The van der Waals surface area contributed by atoms with E-state index in [0.29, 0.717) is 12.2 Å². The molecule has 2 aromatic rings. The Morgan fingerprint density at radius 2 is 2.04 bits per heavy atom. The molecule has 1 aromatic carbocycles. The van der Waals surface area contributed by atoms with Crippen molar-refractivity contribution in [1.82, 2.24) is 15.1 Å². The van der Waals surface area contributed by atoms with Crippen molar-refractivity contribution >= 4 is 5.91 Å². The largest absolute Gasteiger partial charge is 0.391 e. The molecule has 1 heterocycles. The average molecular weight is 341 g/mol. The SMILES string of the molecule is CCCc1cc(C(=O)N(Cc2ccccc2)[C@@H]2CCCC[C@H]2O)n[nH]1. The summed E-state index contributed by atoms with van der Waals surface area (Å²) >= 11 is 0. The minimum absolute atomic E-state index is 0.103. The van der Waals surface area contributed by atoms with Crippen LogP contribution in [0.4, 0.5) is 0 Å².